The Labute approximate surface area is 236 Å². The minimum atomic E-state index is -4.48. The molecule has 2 N–H and O–H groups in total. The molecule has 2 unspecified atom stereocenters. The molecule has 1 fully saturated rings. The second kappa shape index (κ2) is 13.2. The van der Waals surface area contributed by atoms with Gasteiger partial charge in [-0.2, -0.15) is 0 Å². The van der Waals surface area contributed by atoms with Crippen LogP contribution in [0.5, 0.6) is 0 Å². The Hall–Kier alpha value is -1.85. The van der Waals surface area contributed by atoms with Gasteiger partial charge in [-0.05, 0) is 20.3 Å². The van der Waals surface area contributed by atoms with E-state index in [0.717, 1.165) is 24.3 Å². The van der Waals surface area contributed by atoms with Crippen molar-refractivity contribution in [3.8, 4) is 0 Å². The van der Waals surface area contributed by atoms with Gasteiger partial charge in [-0.1, -0.05) is 0 Å². The molecule has 0 aromatic heterocycles. The van der Waals surface area contributed by atoms with Crippen LogP contribution in [0.15, 0.2) is 42.5 Å². The van der Waals surface area contributed by atoms with E-state index >= 15 is 0 Å². The molecule has 1 aliphatic heterocycles. The van der Waals surface area contributed by atoms with Crippen LogP contribution >= 0.6 is 0 Å². The Bertz CT molecular complexity index is 1000. The average molecular weight is 738 g/mol. The monoisotopic (exact) mass is 738 g/mol. The molecule has 3 rings (SSSR count). The zero-order chi connectivity index (χ0) is 29.9. The third-order valence-corrected chi connectivity index (χ3v) is 6.85. The first-order chi connectivity index (χ1) is 17.9. The van der Waals surface area contributed by atoms with Crippen LogP contribution in [0.3, 0.4) is 0 Å². The molecule has 0 spiro atoms. The first-order valence-electron chi connectivity index (χ1n) is 11.9. The molecule has 218 valence electrons. The van der Waals surface area contributed by atoms with Crippen LogP contribution in [0.4, 0.5) is 37.7 Å². The van der Waals surface area contributed by atoms with E-state index in [-0.39, 0.29) is 26.0 Å². The molecule has 6 nitrogen and oxygen atoms in total. The van der Waals surface area contributed by atoms with Crippen LogP contribution in [0.25, 0.3) is 0 Å². The number of aliphatic hydroxyl groups excluding tert-OH is 2. The summed E-state index contributed by atoms with van der Waals surface area (Å²) in [5.41, 5.74) is -0.610. The number of anilines is 2. The molecule has 39 heavy (non-hydrogen) atoms. The fourth-order valence-electron chi connectivity index (χ4n) is 4.11. The van der Waals surface area contributed by atoms with Crippen molar-refractivity contribution in [2.75, 3.05) is 37.8 Å². The fraction of sp³-hybridized carbons (Fsp3) is 0.458. The Kier molecular flexibility index (Phi) is 11.3. The summed E-state index contributed by atoms with van der Waals surface area (Å²) in [7, 11) is 7.34. The van der Waals surface area contributed by atoms with Gasteiger partial charge < -0.3 is 10.2 Å². The molecule has 1 aliphatic rings. The third kappa shape index (κ3) is 8.57. The summed E-state index contributed by atoms with van der Waals surface area (Å²) in [5.74, 6) is 0. The minimum absolute atomic E-state index is 0.343. The van der Waals surface area contributed by atoms with E-state index in [1.165, 1.54) is 18.2 Å². The summed E-state index contributed by atoms with van der Waals surface area (Å²) in [5, 5.41) is 17.1. The molecule has 0 amide bonds. The zero-order valence-corrected chi connectivity index (χ0v) is 24.6. The van der Waals surface area contributed by atoms with Crippen molar-refractivity contribution in [1.29, 1.82) is 0 Å². The molecule has 2 aromatic carbocycles. The molecular weight excluding hydrogens is 707 g/mol. The van der Waals surface area contributed by atoms with Crippen molar-refractivity contribution < 1.29 is 55.9 Å². The molecule has 1 saturated heterocycles. The second-order valence-corrected chi connectivity index (χ2v) is 10.7. The molecule has 15 heteroatoms. The second-order valence-electron chi connectivity index (χ2n) is 9.67. The molecular formula is C24H31B2F6N4O2Pt-. The van der Waals surface area contributed by atoms with Crippen LogP contribution in [0, 0.1) is 6.07 Å². The quantitative estimate of drug-likeness (QED) is 0.268. The van der Waals surface area contributed by atoms with Gasteiger partial charge in [0, 0.05) is 0 Å². The van der Waals surface area contributed by atoms with Crippen molar-refractivity contribution in [3.05, 3.63) is 59.7 Å². The summed E-state index contributed by atoms with van der Waals surface area (Å²) >= 11 is 2.04. The predicted octanol–water partition coefficient (Wildman–Crippen LogP) is 3.80. The van der Waals surface area contributed by atoms with Gasteiger partial charge in [0.05, 0.1) is 12.2 Å². The fourth-order valence-corrected chi connectivity index (χ4v) is 5.28. The van der Waals surface area contributed by atoms with E-state index in [1.54, 1.807) is 13.8 Å². The number of benzene rings is 2. The topological polar surface area (TPSA) is 53.4 Å². The van der Waals surface area contributed by atoms with E-state index in [9.17, 15) is 26.3 Å². The zero-order valence-electron chi connectivity index (χ0n) is 22.3. The van der Waals surface area contributed by atoms with Crippen molar-refractivity contribution in [3.63, 3.8) is 0 Å². The van der Waals surface area contributed by atoms with Gasteiger partial charge in [0.2, 0.25) is 0 Å². The van der Waals surface area contributed by atoms with E-state index < -0.39 is 23.5 Å². The summed E-state index contributed by atoms with van der Waals surface area (Å²) in [6.45, 7) is 2.62. The summed E-state index contributed by atoms with van der Waals surface area (Å²) in [6.07, 6.45) is -9.20. The molecule has 2 aromatic rings. The Morgan fingerprint density at radius 3 is 1.56 bits per heavy atom. The number of nitrogens with zero attached hydrogens (tertiary/aromatic N) is 4. The maximum absolute atomic E-state index is 13.0. The maximum atomic E-state index is 13.0. The number of rotatable bonds is 6. The molecule has 0 radical (unpaired) electrons. The van der Waals surface area contributed by atoms with Gasteiger partial charge in [0.15, 0.2) is 0 Å². The summed E-state index contributed by atoms with van der Waals surface area (Å²) < 4.78 is 78.7. The number of hydrogen-bond acceptors (Lipinski definition) is 6. The number of hydrogen-bond donors (Lipinski definition) is 2. The van der Waals surface area contributed by atoms with Crippen LogP contribution in [0.1, 0.15) is 31.4 Å². The Morgan fingerprint density at radius 2 is 1.23 bits per heavy atom. The molecule has 0 aliphatic carbocycles. The van der Waals surface area contributed by atoms with Gasteiger partial charge in [-0.15, -0.1) is 0 Å². The SMILES string of the molecule is CC(O)CC(C)O.CN(C)B1B(N(C)C)N(c2ccc(C(F)(F)F)cc2)[C](=[Pt])N1c1[c-]cc(C(F)(F)F)cc1. The van der Waals surface area contributed by atoms with E-state index in [2.05, 4.69) is 6.07 Å². The summed E-state index contributed by atoms with van der Waals surface area (Å²) in [6, 6.07) is 10.8. The van der Waals surface area contributed by atoms with Crippen LogP contribution < -0.4 is 9.62 Å². The van der Waals surface area contributed by atoms with Gasteiger partial charge in [-0.25, -0.2) is 0 Å². The van der Waals surface area contributed by atoms with Crippen LogP contribution in [-0.4, -0.2) is 78.1 Å². The van der Waals surface area contributed by atoms with E-state index in [4.69, 9.17) is 10.2 Å². The Morgan fingerprint density at radius 1 is 0.795 bits per heavy atom. The van der Waals surface area contributed by atoms with E-state index in [0.29, 0.717) is 21.9 Å². The molecule has 2 atom stereocenters. The van der Waals surface area contributed by atoms with Crippen molar-refractivity contribution in [2.24, 2.45) is 0 Å². The van der Waals surface area contributed by atoms with Gasteiger partial charge >= 0.3 is 194 Å². The summed E-state index contributed by atoms with van der Waals surface area (Å²) in [4.78, 5) is 7.49. The average Bonchev–Trinajstić information content (AvgIpc) is 3.11. The first-order valence-corrected chi connectivity index (χ1v) is 13.0. The van der Waals surface area contributed by atoms with Gasteiger partial charge in [0.25, 0.3) is 0 Å². The first kappa shape index (κ1) is 33.4. The van der Waals surface area contributed by atoms with Crippen LogP contribution in [0.2, 0.25) is 0 Å². The predicted molar refractivity (Wildman–Crippen MR) is 139 cm³/mol. The van der Waals surface area contributed by atoms with Gasteiger partial charge in [-0.3, -0.25) is 0 Å². The normalized spacial score (nSPS) is 16.2. The number of halogens is 6. The van der Waals surface area contributed by atoms with Crippen molar-refractivity contribution in [1.82, 2.24) is 9.62 Å². The molecule has 1 heterocycles. The van der Waals surface area contributed by atoms with E-state index in [1.807, 2.05) is 66.8 Å². The molecule has 0 bridgehead atoms. The third-order valence-electron chi connectivity index (χ3n) is 5.76. The molecule has 0 saturated carbocycles. The Balaban J connectivity index is 0.000000673. The van der Waals surface area contributed by atoms with Crippen molar-refractivity contribution >= 4 is 29.3 Å². The van der Waals surface area contributed by atoms with Crippen LogP contribution in [-0.2, 0) is 31.7 Å². The van der Waals surface area contributed by atoms with Crippen molar-refractivity contribution in [2.45, 2.75) is 44.8 Å². The van der Waals surface area contributed by atoms with Gasteiger partial charge in [0.1, 0.15) is 0 Å². The number of alkyl halides is 6. The number of aliphatic hydroxyl groups is 2. The standard InChI is InChI=1S/C19H19B2F6N4.C5H12O2.Pt/c1-28(2)20-21(29(3)4)31(17-11-7-15(8-12-17)19(25,26)27)13-30(20)16-9-5-14(6-10-16)18(22,23)24;1-4(6)3-5(2)7;/h5-11H,1-4H3;4-7H,3H2,1-2H3;/q-1;;.